The molecule has 1 rings (SSSR count). The molecular weight excluding hydrogens is 220 g/mol. The van der Waals surface area contributed by atoms with Crippen molar-refractivity contribution in [1.29, 1.82) is 0 Å². The fraction of sp³-hybridized carbons (Fsp3) is 0.545. The van der Waals surface area contributed by atoms with Crippen molar-refractivity contribution in [2.24, 2.45) is 5.92 Å². The lowest BCUT2D eigenvalue weighted by Gasteiger charge is -2.19. The van der Waals surface area contributed by atoms with Crippen molar-refractivity contribution in [2.45, 2.75) is 26.3 Å². The second kappa shape index (κ2) is 6.03. The fourth-order valence-electron chi connectivity index (χ4n) is 1.45. The van der Waals surface area contributed by atoms with E-state index in [9.17, 15) is 4.79 Å². The van der Waals surface area contributed by atoms with Crippen molar-refractivity contribution >= 4 is 17.5 Å². The number of rotatable bonds is 5. The van der Waals surface area contributed by atoms with Crippen molar-refractivity contribution in [3.63, 3.8) is 0 Å². The number of esters is 1. The number of aromatic nitrogens is 2. The fourth-order valence-corrected chi connectivity index (χ4v) is 1.45. The van der Waals surface area contributed by atoms with Crippen LogP contribution in [0.3, 0.4) is 0 Å². The molecule has 0 aliphatic rings. The van der Waals surface area contributed by atoms with Gasteiger partial charge in [0.2, 0.25) is 0 Å². The number of hydrogen-bond acceptors (Lipinski definition) is 6. The molecule has 1 aromatic heterocycles. The number of hydrogen-bond donors (Lipinski definition) is 2. The van der Waals surface area contributed by atoms with Crippen LogP contribution in [0.2, 0.25) is 0 Å². The Morgan fingerprint density at radius 3 is 2.82 bits per heavy atom. The lowest BCUT2D eigenvalue weighted by Crippen LogP contribution is -2.32. The Morgan fingerprint density at radius 2 is 2.29 bits per heavy atom. The summed E-state index contributed by atoms with van der Waals surface area (Å²) < 4.78 is 4.74. The van der Waals surface area contributed by atoms with Gasteiger partial charge in [-0.15, -0.1) is 0 Å². The van der Waals surface area contributed by atoms with Crippen LogP contribution < -0.4 is 11.1 Å². The minimum absolute atomic E-state index is 0.322. The number of nitrogens with zero attached hydrogens (tertiary/aromatic N) is 2. The first-order chi connectivity index (χ1) is 8.04. The Bertz CT molecular complexity index is 381. The van der Waals surface area contributed by atoms with Gasteiger partial charge in [0.05, 0.1) is 19.0 Å². The number of carbonyl (C=O) groups is 1. The molecule has 0 saturated heterocycles. The molecule has 0 aliphatic carbocycles. The lowest BCUT2D eigenvalue weighted by atomic mass is 10.0. The predicted molar refractivity (Wildman–Crippen MR) is 65.3 cm³/mol. The van der Waals surface area contributed by atoms with Gasteiger partial charge in [0.25, 0.3) is 0 Å². The Hall–Kier alpha value is -1.85. The number of anilines is 2. The van der Waals surface area contributed by atoms with Gasteiger partial charge in [-0.1, -0.05) is 13.8 Å². The van der Waals surface area contributed by atoms with Gasteiger partial charge in [-0.3, -0.25) is 0 Å². The van der Waals surface area contributed by atoms with Crippen LogP contribution >= 0.6 is 0 Å². The molecule has 1 aromatic rings. The summed E-state index contributed by atoms with van der Waals surface area (Å²) in [5, 5.41) is 2.98. The van der Waals surface area contributed by atoms with Crippen LogP contribution in [0.15, 0.2) is 12.5 Å². The zero-order chi connectivity index (χ0) is 12.8. The van der Waals surface area contributed by atoms with Gasteiger partial charge in [0, 0.05) is 0 Å². The van der Waals surface area contributed by atoms with E-state index in [1.54, 1.807) is 0 Å². The first-order valence-corrected chi connectivity index (χ1v) is 5.44. The van der Waals surface area contributed by atoms with Crippen molar-refractivity contribution in [3.8, 4) is 0 Å². The van der Waals surface area contributed by atoms with Crippen LogP contribution in [-0.4, -0.2) is 29.1 Å². The quantitative estimate of drug-likeness (QED) is 0.745. The maximum atomic E-state index is 11.6. The molecule has 0 radical (unpaired) electrons. The molecule has 6 nitrogen and oxygen atoms in total. The summed E-state index contributed by atoms with van der Waals surface area (Å²) in [6, 6.07) is -0.447. The molecule has 0 aliphatic heterocycles. The first kappa shape index (κ1) is 13.2. The number of ether oxygens (including phenoxy) is 1. The Morgan fingerprint density at radius 1 is 1.59 bits per heavy atom. The van der Waals surface area contributed by atoms with Gasteiger partial charge in [0.1, 0.15) is 12.4 Å². The molecule has 1 heterocycles. The molecule has 1 atom stereocenters. The van der Waals surface area contributed by atoms with Gasteiger partial charge in [0.15, 0.2) is 5.82 Å². The Kier molecular flexibility index (Phi) is 4.68. The van der Waals surface area contributed by atoms with Crippen LogP contribution in [0.25, 0.3) is 0 Å². The van der Waals surface area contributed by atoms with E-state index in [0.29, 0.717) is 23.8 Å². The van der Waals surface area contributed by atoms with E-state index in [4.69, 9.17) is 10.5 Å². The number of methoxy groups -OCH3 is 1. The number of nitrogens with one attached hydrogen (secondary N) is 1. The monoisotopic (exact) mass is 238 g/mol. The molecule has 17 heavy (non-hydrogen) atoms. The highest BCUT2D eigenvalue weighted by Crippen LogP contribution is 2.16. The Labute approximate surface area is 101 Å². The third-order valence-electron chi connectivity index (χ3n) is 2.24. The number of nitrogen functional groups attached to an aromatic ring is 1. The van der Waals surface area contributed by atoms with Gasteiger partial charge in [-0.05, 0) is 12.3 Å². The second-order valence-electron chi connectivity index (χ2n) is 4.18. The van der Waals surface area contributed by atoms with E-state index in [1.165, 1.54) is 19.6 Å². The van der Waals surface area contributed by atoms with Crippen molar-refractivity contribution in [3.05, 3.63) is 12.5 Å². The van der Waals surface area contributed by atoms with Crippen LogP contribution in [0.1, 0.15) is 20.3 Å². The van der Waals surface area contributed by atoms with E-state index in [0.717, 1.165) is 0 Å². The molecule has 1 unspecified atom stereocenters. The molecule has 94 valence electrons. The number of carbonyl (C=O) groups excluding carboxylic acids is 1. The van der Waals surface area contributed by atoms with Crippen LogP contribution in [0.5, 0.6) is 0 Å². The highest BCUT2D eigenvalue weighted by atomic mass is 16.5. The SMILES string of the molecule is COC(=O)C(CC(C)C)Nc1ncncc1N. The smallest absolute Gasteiger partial charge is 0.328 e. The van der Waals surface area contributed by atoms with E-state index < -0.39 is 6.04 Å². The normalized spacial score (nSPS) is 12.2. The Balaban J connectivity index is 2.79. The van der Waals surface area contributed by atoms with Crippen LogP contribution in [0, 0.1) is 5.92 Å². The van der Waals surface area contributed by atoms with Gasteiger partial charge in [-0.2, -0.15) is 0 Å². The first-order valence-electron chi connectivity index (χ1n) is 5.44. The molecular formula is C11H18N4O2. The van der Waals surface area contributed by atoms with Gasteiger partial charge in [-0.25, -0.2) is 14.8 Å². The zero-order valence-electron chi connectivity index (χ0n) is 10.3. The van der Waals surface area contributed by atoms with Crippen molar-refractivity contribution < 1.29 is 9.53 Å². The molecule has 0 amide bonds. The minimum atomic E-state index is -0.447. The molecule has 0 spiro atoms. The second-order valence-corrected chi connectivity index (χ2v) is 4.18. The van der Waals surface area contributed by atoms with Gasteiger partial charge >= 0.3 is 5.97 Å². The average Bonchev–Trinajstić information content (AvgIpc) is 2.29. The topological polar surface area (TPSA) is 90.1 Å². The van der Waals surface area contributed by atoms with Crippen LogP contribution in [-0.2, 0) is 9.53 Å². The minimum Gasteiger partial charge on any atom is -0.467 e. The summed E-state index contributed by atoms with van der Waals surface area (Å²) in [6.45, 7) is 4.06. The summed E-state index contributed by atoms with van der Waals surface area (Å²) >= 11 is 0. The summed E-state index contributed by atoms with van der Waals surface area (Å²) in [7, 11) is 1.36. The van der Waals surface area contributed by atoms with Crippen molar-refractivity contribution in [2.75, 3.05) is 18.2 Å². The van der Waals surface area contributed by atoms with Crippen molar-refractivity contribution in [1.82, 2.24) is 9.97 Å². The standard InChI is InChI=1S/C11H18N4O2/c1-7(2)4-9(11(16)17-3)15-10-8(12)5-13-6-14-10/h5-7,9H,4,12H2,1-3H3,(H,13,14,15). The lowest BCUT2D eigenvalue weighted by molar-refractivity contribution is -0.141. The van der Waals surface area contributed by atoms with Gasteiger partial charge < -0.3 is 15.8 Å². The van der Waals surface area contributed by atoms with Crippen LogP contribution in [0.4, 0.5) is 11.5 Å². The summed E-state index contributed by atoms with van der Waals surface area (Å²) in [5.41, 5.74) is 6.11. The molecule has 0 saturated carbocycles. The summed E-state index contributed by atoms with van der Waals surface area (Å²) in [6.07, 6.45) is 3.51. The average molecular weight is 238 g/mol. The number of nitrogens with two attached hydrogens (primary N) is 1. The maximum absolute atomic E-state index is 11.6. The van der Waals surface area contributed by atoms with E-state index in [1.807, 2.05) is 13.8 Å². The van der Waals surface area contributed by atoms with E-state index >= 15 is 0 Å². The molecule has 0 aromatic carbocycles. The summed E-state index contributed by atoms with van der Waals surface area (Å²) in [4.78, 5) is 19.4. The molecule has 3 N–H and O–H groups in total. The maximum Gasteiger partial charge on any atom is 0.328 e. The van der Waals surface area contributed by atoms with E-state index in [-0.39, 0.29) is 5.97 Å². The molecule has 0 fully saturated rings. The molecule has 0 bridgehead atoms. The third kappa shape index (κ3) is 3.90. The predicted octanol–water partition coefficient (Wildman–Crippen LogP) is 1.06. The third-order valence-corrected chi connectivity index (χ3v) is 2.24. The molecule has 6 heteroatoms. The zero-order valence-corrected chi connectivity index (χ0v) is 10.3. The van der Waals surface area contributed by atoms with E-state index in [2.05, 4.69) is 15.3 Å². The largest absolute Gasteiger partial charge is 0.467 e. The highest BCUT2D eigenvalue weighted by Gasteiger charge is 2.21. The highest BCUT2D eigenvalue weighted by molar-refractivity contribution is 5.80. The summed E-state index contributed by atoms with van der Waals surface area (Å²) in [5.74, 6) is 0.488.